The molecule has 12 heteroatoms. The van der Waals surface area contributed by atoms with Crippen molar-refractivity contribution in [1.82, 2.24) is 10.2 Å². The average molecular weight is 713 g/mol. The molecule has 1 N–H and O–H groups in total. The number of carbonyl (C=O) groups excluding carboxylic acids is 2. The molecule has 0 aliphatic rings. The van der Waals surface area contributed by atoms with Crippen LogP contribution >= 0.6 is 23.2 Å². The van der Waals surface area contributed by atoms with Gasteiger partial charge in [-0.15, -0.1) is 0 Å². The average Bonchev–Trinajstić information content (AvgIpc) is 3.10. The van der Waals surface area contributed by atoms with Gasteiger partial charge in [0.25, 0.3) is 10.0 Å². The minimum absolute atomic E-state index is 0.0307. The smallest absolute Gasteiger partial charge is 0.264 e. The van der Waals surface area contributed by atoms with Crippen molar-refractivity contribution in [3.8, 4) is 11.5 Å². The summed E-state index contributed by atoms with van der Waals surface area (Å²) in [5.74, 6) is -0.428. The molecule has 0 aliphatic heterocycles. The summed E-state index contributed by atoms with van der Waals surface area (Å²) < 4.78 is 40.6. The van der Waals surface area contributed by atoms with Crippen LogP contribution in [0.25, 0.3) is 0 Å². The Balaban J connectivity index is 1.86. The van der Waals surface area contributed by atoms with Crippen LogP contribution in [0.5, 0.6) is 11.5 Å². The van der Waals surface area contributed by atoms with Crippen LogP contribution in [0.15, 0.2) is 102 Å². The van der Waals surface area contributed by atoms with Crippen LogP contribution in [0.4, 0.5) is 5.69 Å². The highest BCUT2D eigenvalue weighted by Crippen LogP contribution is 2.36. The van der Waals surface area contributed by atoms with Gasteiger partial charge >= 0.3 is 0 Å². The lowest BCUT2D eigenvalue weighted by Crippen LogP contribution is -2.53. The molecule has 0 radical (unpaired) electrons. The minimum atomic E-state index is -4.34. The van der Waals surface area contributed by atoms with Crippen molar-refractivity contribution < 1.29 is 27.5 Å². The van der Waals surface area contributed by atoms with Gasteiger partial charge in [0.1, 0.15) is 24.1 Å². The van der Waals surface area contributed by atoms with E-state index >= 15 is 0 Å². The summed E-state index contributed by atoms with van der Waals surface area (Å²) in [4.78, 5) is 30.0. The van der Waals surface area contributed by atoms with E-state index in [4.69, 9.17) is 32.7 Å². The highest BCUT2D eigenvalue weighted by Gasteiger charge is 2.35. The summed E-state index contributed by atoms with van der Waals surface area (Å²) in [6.45, 7) is 1.73. The van der Waals surface area contributed by atoms with E-state index in [1.807, 2.05) is 37.3 Å². The number of nitrogens with zero attached hydrogens (tertiary/aromatic N) is 2. The summed E-state index contributed by atoms with van der Waals surface area (Å²) in [5.41, 5.74) is 1.52. The fourth-order valence-electron chi connectivity index (χ4n) is 5.12. The molecule has 4 aromatic rings. The van der Waals surface area contributed by atoms with Crippen LogP contribution in [0.3, 0.4) is 0 Å². The summed E-state index contributed by atoms with van der Waals surface area (Å²) in [5, 5.41) is 3.59. The van der Waals surface area contributed by atoms with E-state index in [2.05, 4.69) is 5.32 Å². The Morgan fingerprint density at radius 3 is 2.15 bits per heavy atom. The van der Waals surface area contributed by atoms with Crippen LogP contribution in [0.2, 0.25) is 10.0 Å². The predicted molar refractivity (Wildman–Crippen MR) is 189 cm³/mol. The number of halogens is 2. The van der Waals surface area contributed by atoms with Gasteiger partial charge in [-0.2, -0.15) is 0 Å². The lowest BCUT2D eigenvalue weighted by atomic mass is 10.0. The molecule has 0 fully saturated rings. The van der Waals surface area contributed by atoms with Crippen LogP contribution < -0.4 is 19.1 Å². The summed E-state index contributed by atoms with van der Waals surface area (Å²) in [6, 6.07) is 25.8. The number of benzene rings is 4. The van der Waals surface area contributed by atoms with Crippen molar-refractivity contribution in [3.05, 3.63) is 118 Å². The first-order valence-electron chi connectivity index (χ1n) is 15.4. The molecule has 0 aliphatic carbocycles. The Morgan fingerprint density at radius 2 is 1.52 bits per heavy atom. The lowest BCUT2D eigenvalue weighted by molar-refractivity contribution is -0.140. The van der Waals surface area contributed by atoms with E-state index < -0.39 is 28.5 Å². The maximum Gasteiger partial charge on any atom is 0.264 e. The normalized spacial score (nSPS) is 11.8. The van der Waals surface area contributed by atoms with E-state index in [9.17, 15) is 18.0 Å². The maximum atomic E-state index is 14.7. The number of nitrogens with one attached hydrogen (secondary N) is 1. The predicted octanol–water partition coefficient (Wildman–Crippen LogP) is 6.76. The van der Waals surface area contributed by atoms with Crippen molar-refractivity contribution in [2.24, 2.45) is 0 Å². The van der Waals surface area contributed by atoms with E-state index in [1.54, 1.807) is 48.5 Å². The van der Waals surface area contributed by atoms with E-state index in [1.165, 1.54) is 37.3 Å². The number of ether oxygens (including phenoxy) is 2. The van der Waals surface area contributed by atoms with Crippen molar-refractivity contribution >= 4 is 50.7 Å². The number of sulfonamides is 1. The van der Waals surface area contributed by atoms with Crippen molar-refractivity contribution in [2.45, 2.75) is 43.7 Å². The molecule has 4 aromatic carbocycles. The van der Waals surface area contributed by atoms with Gasteiger partial charge in [0.2, 0.25) is 11.8 Å². The Morgan fingerprint density at radius 1 is 0.833 bits per heavy atom. The number of carbonyl (C=O) groups is 2. The summed E-state index contributed by atoms with van der Waals surface area (Å²) in [7, 11) is -1.47. The fraction of sp³-hybridized carbons (Fsp3) is 0.278. The Bertz CT molecular complexity index is 1790. The molecule has 9 nitrogen and oxygen atoms in total. The number of hydrogen-bond donors (Lipinski definition) is 1. The Hall–Kier alpha value is -4.25. The van der Waals surface area contributed by atoms with Crippen LogP contribution in [0, 0.1) is 0 Å². The lowest BCUT2D eigenvalue weighted by Gasteiger charge is -2.34. The van der Waals surface area contributed by atoms with Gasteiger partial charge in [0, 0.05) is 25.6 Å². The van der Waals surface area contributed by atoms with Crippen LogP contribution in [0.1, 0.15) is 30.9 Å². The largest absolute Gasteiger partial charge is 0.497 e. The molecule has 0 spiro atoms. The van der Waals surface area contributed by atoms with Crippen LogP contribution in [-0.4, -0.2) is 58.5 Å². The molecule has 48 heavy (non-hydrogen) atoms. The number of anilines is 1. The Labute approximate surface area is 292 Å². The maximum absolute atomic E-state index is 14.7. The number of methoxy groups -OCH3 is 2. The van der Waals surface area contributed by atoms with E-state index in [0.29, 0.717) is 22.9 Å². The molecule has 0 unspecified atom stereocenters. The minimum Gasteiger partial charge on any atom is -0.497 e. The van der Waals surface area contributed by atoms with Crippen molar-refractivity contribution in [2.75, 3.05) is 31.6 Å². The van der Waals surface area contributed by atoms with Gasteiger partial charge in [-0.25, -0.2) is 8.42 Å². The summed E-state index contributed by atoms with van der Waals surface area (Å²) >= 11 is 12.6. The highest BCUT2D eigenvalue weighted by atomic mass is 35.5. The third-order valence-corrected chi connectivity index (χ3v) is 10.2. The summed E-state index contributed by atoms with van der Waals surface area (Å²) in [6.07, 6.45) is 1.80. The zero-order valence-corrected chi connectivity index (χ0v) is 29.4. The zero-order valence-electron chi connectivity index (χ0n) is 27.1. The van der Waals surface area contributed by atoms with Gasteiger partial charge < -0.3 is 19.7 Å². The topological polar surface area (TPSA) is 105 Å². The third kappa shape index (κ3) is 9.21. The zero-order chi connectivity index (χ0) is 34.7. The number of rotatable bonds is 16. The second-order valence-electron chi connectivity index (χ2n) is 11.0. The number of amides is 2. The third-order valence-electron chi connectivity index (χ3n) is 7.70. The molecule has 0 aromatic heterocycles. The quantitative estimate of drug-likeness (QED) is 0.129. The van der Waals surface area contributed by atoms with E-state index in [-0.39, 0.29) is 40.2 Å². The number of unbranched alkanes of at least 4 members (excludes halogenated alkanes) is 1. The monoisotopic (exact) mass is 711 g/mol. The molecule has 254 valence electrons. The first kappa shape index (κ1) is 36.6. The highest BCUT2D eigenvalue weighted by molar-refractivity contribution is 7.92. The van der Waals surface area contributed by atoms with Gasteiger partial charge in [0.05, 0.1) is 34.8 Å². The molecule has 4 rings (SSSR count). The van der Waals surface area contributed by atoms with Gasteiger partial charge in [-0.3, -0.25) is 13.9 Å². The van der Waals surface area contributed by atoms with Crippen molar-refractivity contribution in [3.63, 3.8) is 0 Å². The molecule has 0 bridgehead atoms. The van der Waals surface area contributed by atoms with Gasteiger partial charge in [0.15, 0.2) is 0 Å². The molecular weight excluding hydrogens is 673 g/mol. The van der Waals surface area contributed by atoms with Gasteiger partial charge in [-0.1, -0.05) is 91.1 Å². The fourth-order valence-corrected chi connectivity index (χ4v) is 6.88. The second-order valence-corrected chi connectivity index (χ2v) is 13.7. The molecule has 0 saturated carbocycles. The Kier molecular flexibility index (Phi) is 13.1. The molecule has 0 saturated heterocycles. The van der Waals surface area contributed by atoms with Gasteiger partial charge in [-0.05, 0) is 53.9 Å². The van der Waals surface area contributed by atoms with Crippen molar-refractivity contribution in [1.29, 1.82) is 0 Å². The first-order chi connectivity index (χ1) is 23.1. The van der Waals surface area contributed by atoms with Crippen LogP contribution in [-0.2, 0) is 32.6 Å². The molecule has 0 heterocycles. The molecular formula is C36H39Cl2N3O6S. The SMILES string of the molecule is CCCCNC(=O)[C@@H](Cc1ccccc1)N(Cc1ccc(Cl)c(Cl)c1)C(=O)CN(c1cc(OC)ccc1OC)S(=O)(=O)c1ccccc1. The molecule has 2 amide bonds. The second kappa shape index (κ2) is 17.2. The number of hydrogen-bond acceptors (Lipinski definition) is 6. The first-order valence-corrected chi connectivity index (χ1v) is 17.6. The standard InChI is InChI=1S/C36H39Cl2N3O6S/c1-4-5-20-39-36(43)33(22-26-12-8-6-9-13-26)40(24-27-16-18-30(37)31(38)21-27)35(42)25-41(48(44,45)29-14-10-7-11-15-29)32-23-28(46-2)17-19-34(32)47-3/h6-19,21,23,33H,4-5,20,22,24-25H2,1-3H3,(H,39,43)/t33-/m1/s1. The molecule has 1 atom stereocenters. The van der Waals surface area contributed by atoms with E-state index in [0.717, 1.165) is 22.7 Å².